The van der Waals surface area contributed by atoms with Crippen LogP contribution in [0.1, 0.15) is 26.4 Å². The number of carbonyl (C=O) groups excluding carboxylic acids is 4. The number of ether oxygens (including phenoxy) is 3. The topological polar surface area (TPSA) is 111 Å². The fourth-order valence-corrected chi connectivity index (χ4v) is 4.28. The Morgan fingerprint density at radius 1 is 0.892 bits per heavy atom. The number of hydrogen-bond donors (Lipinski definition) is 1. The number of benzene rings is 2. The summed E-state index contributed by atoms with van der Waals surface area (Å²) < 4.78 is 14.9. The highest BCUT2D eigenvalue weighted by Crippen LogP contribution is 2.19. The molecule has 3 rings (SSSR count). The van der Waals surface area contributed by atoms with Crippen molar-refractivity contribution in [1.82, 2.24) is 10.2 Å². The molecule has 0 spiro atoms. The Hall–Kier alpha value is -4.18. The smallest absolute Gasteiger partial charge is 0.407 e. The highest BCUT2D eigenvalue weighted by Gasteiger charge is 2.31. The standard InChI is InChI=1S/C27H28N2O7S/c1-34-25(31)21-12-10-19(11-13-21)17-29(23(26(32)35-2)15-22-9-6-14-37-22)24(30)16-28-27(33)36-18-20-7-4-3-5-8-20/h3-14,23H,15-18H2,1-2H3,(H,28,33)/t23-/m1/s1. The largest absolute Gasteiger partial charge is 0.467 e. The Bertz CT molecular complexity index is 1180. The van der Waals surface area contributed by atoms with Gasteiger partial charge in [0.1, 0.15) is 19.2 Å². The summed E-state index contributed by atoms with van der Waals surface area (Å²) in [6.45, 7) is -0.280. The number of nitrogens with one attached hydrogen (secondary N) is 1. The Morgan fingerprint density at radius 2 is 1.62 bits per heavy atom. The number of alkyl carbamates (subject to hydrolysis) is 1. The molecule has 0 unspecified atom stereocenters. The summed E-state index contributed by atoms with van der Waals surface area (Å²) in [6.07, 6.45) is -0.512. The number of methoxy groups -OCH3 is 2. The van der Waals surface area contributed by atoms with Crippen LogP contribution in [0.2, 0.25) is 0 Å². The molecule has 0 aliphatic rings. The Labute approximate surface area is 218 Å². The second kappa shape index (κ2) is 13.8. The van der Waals surface area contributed by atoms with Crippen molar-refractivity contribution in [3.05, 3.63) is 93.7 Å². The quantitative estimate of drug-likeness (QED) is 0.302. The molecule has 37 heavy (non-hydrogen) atoms. The molecule has 0 saturated heterocycles. The van der Waals surface area contributed by atoms with Gasteiger partial charge < -0.3 is 24.4 Å². The second-order valence-corrected chi connectivity index (χ2v) is 8.98. The predicted octanol–water partition coefficient (Wildman–Crippen LogP) is 3.57. The molecule has 3 aromatic rings. The minimum absolute atomic E-state index is 0.0478. The zero-order valence-corrected chi connectivity index (χ0v) is 21.4. The molecule has 0 fully saturated rings. The summed E-state index contributed by atoms with van der Waals surface area (Å²) in [5.74, 6) is -1.57. The number of amides is 2. The van der Waals surface area contributed by atoms with Gasteiger partial charge in [-0.05, 0) is 34.7 Å². The van der Waals surface area contributed by atoms with E-state index in [-0.39, 0.29) is 26.1 Å². The molecule has 2 amide bonds. The van der Waals surface area contributed by atoms with Gasteiger partial charge in [-0.25, -0.2) is 14.4 Å². The van der Waals surface area contributed by atoms with Crippen LogP contribution < -0.4 is 5.32 Å². The van der Waals surface area contributed by atoms with Gasteiger partial charge in [-0.2, -0.15) is 0 Å². The third-order valence-electron chi connectivity index (χ3n) is 5.47. The van der Waals surface area contributed by atoms with Crippen LogP contribution in [0.4, 0.5) is 4.79 Å². The first kappa shape index (κ1) is 27.4. The van der Waals surface area contributed by atoms with E-state index in [4.69, 9.17) is 14.2 Å². The molecule has 2 aromatic carbocycles. The first-order chi connectivity index (χ1) is 17.9. The molecular formula is C27H28N2O7S. The number of carbonyl (C=O) groups is 4. The number of rotatable bonds is 11. The lowest BCUT2D eigenvalue weighted by Gasteiger charge is -2.30. The van der Waals surface area contributed by atoms with Crippen LogP contribution in [-0.4, -0.2) is 55.6 Å². The maximum Gasteiger partial charge on any atom is 0.407 e. The Balaban J connectivity index is 1.74. The van der Waals surface area contributed by atoms with Crippen molar-refractivity contribution in [1.29, 1.82) is 0 Å². The van der Waals surface area contributed by atoms with Crippen LogP contribution in [-0.2, 0) is 43.4 Å². The maximum atomic E-state index is 13.3. The van der Waals surface area contributed by atoms with Crippen molar-refractivity contribution in [2.24, 2.45) is 0 Å². The minimum atomic E-state index is -0.932. The molecule has 0 aliphatic carbocycles. The van der Waals surface area contributed by atoms with Gasteiger partial charge >= 0.3 is 18.0 Å². The average Bonchev–Trinajstić information content (AvgIpc) is 3.45. The van der Waals surface area contributed by atoms with Crippen LogP contribution in [0.3, 0.4) is 0 Å². The number of thiophene rings is 1. The molecule has 1 aromatic heterocycles. The van der Waals surface area contributed by atoms with E-state index in [1.807, 2.05) is 47.8 Å². The third-order valence-corrected chi connectivity index (χ3v) is 6.37. The SMILES string of the molecule is COC(=O)c1ccc(CN(C(=O)CNC(=O)OCc2ccccc2)[C@H](Cc2cccs2)C(=O)OC)cc1. The van der Waals surface area contributed by atoms with Gasteiger partial charge in [0.25, 0.3) is 0 Å². The lowest BCUT2D eigenvalue weighted by molar-refractivity contribution is -0.153. The van der Waals surface area contributed by atoms with E-state index in [2.05, 4.69) is 5.32 Å². The summed E-state index contributed by atoms with van der Waals surface area (Å²) in [5.41, 5.74) is 1.84. The first-order valence-corrected chi connectivity index (χ1v) is 12.3. The minimum Gasteiger partial charge on any atom is -0.467 e. The van der Waals surface area contributed by atoms with Crippen LogP contribution in [0.5, 0.6) is 0 Å². The molecule has 1 heterocycles. The Kier molecular flexibility index (Phi) is 10.2. The van der Waals surface area contributed by atoms with Gasteiger partial charge in [-0.15, -0.1) is 11.3 Å². The highest BCUT2D eigenvalue weighted by molar-refractivity contribution is 7.09. The zero-order valence-electron chi connectivity index (χ0n) is 20.5. The van der Waals surface area contributed by atoms with Gasteiger partial charge in [0.2, 0.25) is 5.91 Å². The van der Waals surface area contributed by atoms with Crippen LogP contribution in [0.25, 0.3) is 0 Å². The molecule has 1 atom stereocenters. The average molecular weight is 525 g/mol. The monoisotopic (exact) mass is 524 g/mol. The van der Waals surface area contributed by atoms with Crippen LogP contribution in [0.15, 0.2) is 72.1 Å². The van der Waals surface area contributed by atoms with E-state index < -0.39 is 30.0 Å². The predicted molar refractivity (Wildman–Crippen MR) is 137 cm³/mol. The molecular weight excluding hydrogens is 496 g/mol. The van der Waals surface area contributed by atoms with Crippen LogP contribution >= 0.6 is 11.3 Å². The fourth-order valence-electron chi connectivity index (χ4n) is 3.53. The molecule has 1 N–H and O–H groups in total. The van der Waals surface area contributed by atoms with E-state index in [0.29, 0.717) is 11.1 Å². The number of hydrogen-bond acceptors (Lipinski definition) is 8. The van der Waals surface area contributed by atoms with E-state index in [0.717, 1.165) is 10.4 Å². The molecule has 0 aliphatic heterocycles. The second-order valence-electron chi connectivity index (χ2n) is 7.95. The first-order valence-electron chi connectivity index (χ1n) is 11.4. The molecule has 9 nitrogen and oxygen atoms in total. The Morgan fingerprint density at radius 3 is 2.24 bits per heavy atom. The van der Waals surface area contributed by atoms with Crippen molar-refractivity contribution in [3.63, 3.8) is 0 Å². The van der Waals surface area contributed by atoms with E-state index >= 15 is 0 Å². The molecule has 10 heteroatoms. The molecule has 0 bridgehead atoms. The lowest BCUT2D eigenvalue weighted by atomic mass is 10.1. The summed E-state index contributed by atoms with van der Waals surface area (Å²) in [6, 6.07) is 18.4. The van der Waals surface area contributed by atoms with Crippen molar-refractivity contribution < 1.29 is 33.4 Å². The highest BCUT2D eigenvalue weighted by atomic mass is 32.1. The van der Waals surface area contributed by atoms with E-state index in [1.165, 1.54) is 30.5 Å². The van der Waals surface area contributed by atoms with Gasteiger partial charge in [-0.1, -0.05) is 48.5 Å². The molecule has 0 saturated carbocycles. The van der Waals surface area contributed by atoms with Crippen molar-refractivity contribution in [2.45, 2.75) is 25.6 Å². The van der Waals surface area contributed by atoms with Crippen LogP contribution in [0, 0.1) is 0 Å². The summed E-state index contributed by atoms with van der Waals surface area (Å²) in [7, 11) is 2.55. The maximum absolute atomic E-state index is 13.3. The van der Waals surface area contributed by atoms with Gasteiger partial charge in [-0.3, -0.25) is 4.79 Å². The van der Waals surface area contributed by atoms with E-state index in [9.17, 15) is 19.2 Å². The molecule has 0 radical (unpaired) electrons. The summed E-state index contributed by atoms with van der Waals surface area (Å²) in [4.78, 5) is 52.3. The number of esters is 2. The van der Waals surface area contributed by atoms with Crippen molar-refractivity contribution in [3.8, 4) is 0 Å². The third kappa shape index (κ3) is 8.18. The normalized spacial score (nSPS) is 11.2. The van der Waals surface area contributed by atoms with Crippen molar-refractivity contribution >= 4 is 35.3 Å². The molecule has 194 valence electrons. The fraction of sp³-hybridized carbons (Fsp3) is 0.259. The summed E-state index contributed by atoms with van der Waals surface area (Å²) >= 11 is 1.46. The lowest BCUT2D eigenvalue weighted by Crippen LogP contribution is -2.49. The van der Waals surface area contributed by atoms with Gasteiger partial charge in [0.15, 0.2) is 0 Å². The van der Waals surface area contributed by atoms with Gasteiger partial charge in [0, 0.05) is 17.8 Å². The number of nitrogens with zero attached hydrogens (tertiary/aromatic N) is 1. The summed E-state index contributed by atoms with van der Waals surface area (Å²) in [5, 5.41) is 4.34. The van der Waals surface area contributed by atoms with E-state index in [1.54, 1.807) is 24.3 Å². The zero-order chi connectivity index (χ0) is 26.6. The van der Waals surface area contributed by atoms with Crippen molar-refractivity contribution in [2.75, 3.05) is 20.8 Å². The van der Waals surface area contributed by atoms with Gasteiger partial charge in [0.05, 0.1) is 19.8 Å².